The Labute approximate surface area is 164 Å². The molecule has 0 aromatic heterocycles. The lowest BCUT2D eigenvalue weighted by atomic mass is 10.2. The minimum Gasteiger partial charge on any atom is -0.491 e. The molecule has 0 aliphatic rings. The van der Waals surface area contributed by atoms with Gasteiger partial charge in [0.1, 0.15) is 5.75 Å². The van der Waals surface area contributed by atoms with Crippen molar-refractivity contribution in [1.82, 2.24) is 4.72 Å². The first kappa shape index (κ1) is 21.3. The first-order valence-corrected chi connectivity index (χ1v) is 11.1. The maximum absolute atomic E-state index is 12.6. The first-order chi connectivity index (χ1) is 12.7. The fourth-order valence-corrected chi connectivity index (χ4v) is 3.98. The lowest BCUT2D eigenvalue weighted by Crippen LogP contribution is -2.23. The lowest BCUT2D eigenvalue weighted by molar-refractivity contribution is -0.114. The van der Waals surface area contributed by atoms with Crippen molar-refractivity contribution in [3.8, 4) is 5.75 Å². The highest BCUT2D eigenvalue weighted by atomic mass is 32.2. The molecule has 0 aliphatic heterocycles. The van der Waals surface area contributed by atoms with E-state index in [1.165, 1.54) is 30.8 Å². The number of carbonyl (C=O) groups excluding carboxylic acids is 1. The SMILES string of the molecule is CSc1ccc(S(=O)(=O)NCc2cccc(OC(C)C)c2)cc1NC(C)=O. The van der Waals surface area contributed by atoms with Gasteiger partial charge in [0.15, 0.2) is 0 Å². The van der Waals surface area contributed by atoms with Gasteiger partial charge in [-0.3, -0.25) is 4.79 Å². The van der Waals surface area contributed by atoms with Crippen LogP contribution in [-0.2, 0) is 21.4 Å². The number of nitrogens with one attached hydrogen (secondary N) is 2. The van der Waals surface area contributed by atoms with Gasteiger partial charge in [-0.25, -0.2) is 13.1 Å². The molecule has 0 aliphatic carbocycles. The number of hydrogen-bond acceptors (Lipinski definition) is 5. The maximum atomic E-state index is 12.6. The van der Waals surface area contributed by atoms with Gasteiger partial charge < -0.3 is 10.1 Å². The third kappa shape index (κ3) is 6.27. The zero-order valence-corrected chi connectivity index (χ0v) is 17.4. The Kier molecular flexibility index (Phi) is 7.29. The van der Waals surface area contributed by atoms with Crippen molar-refractivity contribution in [3.05, 3.63) is 48.0 Å². The molecule has 0 saturated heterocycles. The fourth-order valence-electron chi connectivity index (χ4n) is 2.40. The van der Waals surface area contributed by atoms with Crippen molar-refractivity contribution in [2.45, 2.75) is 43.2 Å². The average molecular weight is 409 g/mol. The molecule has 0 radical (unpaired) electrons. The quantitative estimate of drug-likeness (QED) is 0.652. The van der Waals surface area contributed by atoms with Crippen LogP contribution in [0.4, 0.5) is 5.69 Å². The third-order valence-electron chi connectivity index (χ3n) is 3.53. The fraction of sp³-hybridized carbons (Fsp3) is 0.316. The molecule has 0 saturated carbocycles. The number of rotatable bonds is 8. The number of ether oxygens (including phenoxy) is 1. The summed E-state index contributed by atoms with van der Waals surface area (Å²) >= 11 is 1.43. The minimum atomic E-state index is -3.73. The van der Waals surface area contributed by atoms with E-state index in [4.69, 9.17) is 4.74 Å². The van der Waals surface area contributed by atoms with Crippen LogP contribution in [-0.4, -0.2) is 26.7 Å². The molecular formula is C19H24N2O4S2. The molecule has 0 spiro atoms. The number of sulfonamides is 1. The van der Waals surface area contributed by atoms with Gasteiger partial charge in [0.05, 0.1) is 16.7 Å². The van der Waals surface area contributed by atoms with Gasteiger partial charge >= 0.3 is 0 Å². The highest BCUT2D eigenvalue weighted by Gasteiger charge is 2.16. The van der Waals surface area contributed by atoms with Crippen molar-refractivity contribution >= 4 is 33.4 Å². The molecule has 2 aromatic carbocycles. The topological polar surface area (TPSA) is 84.5 Å². The zero-order chi connectivity index (χ0) is 20.0. The second kappa shape index (κ2) is 9.25. The lowest BCUT2D eigenvalue weighted by Gasteiger charge is -2.13. The van der Waals surface area contributed by atoms with Gasteiger partial charge in [-0.05, 0) is 56.0 Å². The van der Waals surface area contributed by atoms with E-state index in [0.717, 1.165) is 10.5 Å². The highest BCUT2D eigenvalue weighted by molar-refractivity contribution is 7.98. The highest BCUT2D eigenvalue weighted by Crippen LogP contribution is 2.28. The van der Waals surface area contributed by atoms with Crippen LogP contribution in [0.1, 0.15) is 26.3 Å². The predicted molar refractivity (Wildman–Crippen MR) is 109 cm³/mol. The van der Waals surface area contributed by atoms with E-state index in [-0.39, 0.29) is 23.5 Å². The van der Waals surface area contributed by atoms with Crippen LogP contribution in [0, 0.1) is 0 Å². The van der Waals surface area contributed by atoms with Gasteiger partial charge in [-0.15, -0.1) is 11.8 Å². The second-order valence-corrected chi connectivity index (χ2v) is 8.80. The summed E-state index contributed by atoms with van der Waals surface area (Å²) in [6.07, 6.45) is 1.90. The molecule has 0 bridgehead atoms. The molecule has 1 amide bonds. The van der Waals surface area contributed by atoms with Gasteiger partial charge in [0.25, 0.3) is 0 Å². The Morgan fingerprint density at radius 2 is 1.93 bits per heavy atom. The molecule has 0 heterocycles. The summed E-state index contributed by atoms with van der Waals surface area (Å²) in [5.74, 6) is 0.439. The molecule has 2 N–H and O–H groups in total. The van der Waals surface area contributed by atoms with Crippen molar-refractivity contribution in [1.29, 1.82) is 0 Å². The summed E-state index contributed by atoms with van der Waals surface area (Å²) in [6, 6.07) is 12.0. The van der Waals surface area contributed by atoms with Crippen LogP contribution >= 0.6 is 11.8 Å². The van der Waals surface area contributed by atoms with Crippen molar-refractivity contribution in [3.63, 3.8) is 0 Å². The molecule has 0 atom stereocenters. The summed E-state index contributed by atoms with van der Waals surface area (Å²) in [5.41, 5.74) is 1.27. The molecule has 6 nitrogen and oxygen atoms in total. The predicted octanol–water partition coefficient (Wildman–Crippen LogP) is 3.63. The zero-order valence-electron chi connectivity index (χ0n) is 15.8. The molecule has 0 fully saturated rings. The van der Waals surface area contributed by atoms with Crippen LogP contribution in [0.15, 0.2) is 52.3 Å². The Hall–Kier alpha value is -2.03. The van der Waals surface area contributed by atoms with Gasteiger partial charge in [-0.1, -0.05) is 12.1 Å². The van der Waals surface area contributed by atoms with Crippen molar-refractivity contribution in [2.75, 3.05) is 11.6 Å². The molecule has 8 heteroatoms. The Morgan fingerprint density at radius 1 is 1.19 bits per heavy atom. The van der Waals surface area contributed by atoms with Crippen LogP contribution in [0.5, 0.6) is 5.75 Å². The Balaban J connectivity index is 2.18. The minimum absolute atomic E-state index is 0.0408. The van der Waals surface area contributed by atoms with Crippen LogP contribution < -0.4 is 14.8 Å². The summed E-state index contributed by atoms with van der Waals surface area (Å²) < 4.78 is 33.5. The van der Waals surface area contributed by atoms with E-state index in [0.29, 0.717) is 11.4 Å². The van der Waals surface area contributed by atoms with Crippen molar-refractivity contribution in [2.24, 2.45) is 0 Å². The van der Waals surface area contributed by atoms with Gasteiger partial charge in [0, 0.05) is 18.4 Å². The van der Waals surface area contributed by atoms with Gasteiger partial charge in [0.2, 0.25) is 15.9 Å². The standard InChI is InChI=1S/C19H24N2O4S2/c1-13(2)25-16-7-5-6-15(10-16)12-20-27(23,24)17-8-9-19(26-4)18(11-17)21-14(3)22/h5-11,13,20H,12H2,1-4H3,(H,21,22). The number of benzene rings is 2. The van der Waals surface area contributed by atoms with Crippen LogP contribution in [0.3, 0.4) is 0 Å². The summed E-state index contributed by atoms with van der Waals surface area (Å²) in [4.78, 5) is 12.3. The molecule has 2 aromatic rings. The van der Waals surface area contributed by atoms with E-state index in [9.17, 15) is 13.2 Å². The molecular weight excluding hydrogens is 384 g/mol. The molecule has 0 unspecified atom stereocenters. The van der Waals surface area contributed by atoms with Crippen LogP contribution in [0.2, 0.25) is 0 Å². The summed E-state index contributed by atoms with van der Waals surface area (Å²) in [7, 11) is -3.73. The molecule has 27 heavy (non-hydrogen) atoms. The number of thioether (sulfide) groups is 1. The van der Waals surface area contributed by atoms with Crippen molar-refractivity contribution < 1.29 is 17.9 Å². The smallest absolute Gasteiger partial charge is 0.240 e. The third-order valence-corrected chi connectivity index (χ3v) is 5.72. The first-order valence-electron chi connectivity index (χ1n) is 8.42. The maximum Gasteiger partial charge on any atom is 0.240 e. The normalized spacial score (nSPS) is 11.4. The van der Waals surface area contributed by atoms with E-state index in [2.05, 4.69) is 10.0 Å². The molecule has 146 valence electrons. The Morgan fingerprint density at radius 3 is 2.56 bits per heavy atom. The second-order valence-electron chi connectivity index (χ2n) is 6.18. The van der Waals surface area contributed by atoms with E-state index < -0.39 is 10.0 Å². The van der Waals surface area contributed by atoms with Crippen LogP contribution in [0.25, 0.3) is 0 Å². The number of anilines is 1. The number of carbonyl (C=O) groups is 1. The van der Waals surface area contributed by atoms with E-state index >= 15 is 0 Å². The van der Waals surface area contributed by atoms with Gasteiger partial charge in [-0.2, -0.15) is 0 Å². The summed E-state index contributed by atoms with van der Waals surface area (Å²) in [5, 5.41) is 2.67. The average Bonchev–Trinajstić information content (AvgIpc) is 2.59. The van der Waals surface area contributed by atoms with E-state index in [1.807, 2.05) is 44.4 Å². The molecule has 2 rings (SSSR count). The Bertz CT molecular complexity index is 912. The number of amides is 1. The van der Waals surface area contributed by atoms with E-state index in [1.54, 1.807) is 6.07 Å². The summed E-state index contributed by atoms with van der Waals surface area (Å²) in [6.45, 7) is 5.38. The largest absolute Gasteiger partial charge is 0.491 e. The number of hydrogen-bond donors (Lipinski definition) is 2. The monoisotopic (exact) mass is 408 g/mol.